The van der Waals surface area contributed by atoms with Gasteiger partial charge in [0.05, 0.1) is 19.6 Å². The maximum Gasteiger partial charge on any atom is 0.174 e. The van der Waals surface area contributed by atoms with Crippen molar-refractivity contribution in [2.75, 3.05) is 58.2 Å². The SMILES string of the molecule is CNc1ccccc1.O=CC[N+]12CCN(CC1)CC2. The van der Waals surface area contributed by atoms with Crippen LogP contribution in [0.2, 0.25) is 0 Å². The van der Waals surface area contributed by atoms with Crippen LogP contribution in [0.25, 0.3) is 0 Å². The molecule has 3 fully saturated rings. The van der Waals surface area contributed by atoms with E-state index in [4.69, 9.17) is 0 Å². The molecule has 0 saturated carbocycles. The van der Waals surface area contributed by atoms with Gasteiger partial charge in [0.25, 0.3) is 0 Å². The molecule has 19 heavy (non-hydrogen) atoms. The third-order valence-corrected chi connectivity index (χ3v) is 4.20. The maximum absolute atomic E-state index is 10.4. The molecule has 3 aliphatic heterocycles. The average molecular weight is 262 g/mol. The molecule has 2 bridgehead atoms. The molecule has 3 heterocycles. The molecule has 1 aromatic rings. The summed E-state index contributed by atoms with van der Waals surface area (Å²) in [6, 6.07) is 10.1. The summed E-state index contributed by atoms with van der Waals surface area (Å²) in [7, 11) is 1.91. The Morgan fingerprint density at radius 1 is 1.16 bits per heavy atom. The van der Waals surface area contributed by atoms with Crippen molar-refractivity contribution in [3.63, 3.8) is 0 Å². The molecule has 1 aromatic carbocycles. The highest BCUT2D eigenvalue weighted by atomic mass is 16.1. The van der Waals surface area contributed by atoms with E-state index in [-0.39, 0.29) is 0 Å². The van der Waals surface area contributed by atoms with E-state index in [0.717, 1.165) is 23.0 Å². The highest BCUT2D eigenvalue weighted by Gasteiger charge is 2.37. The predicted molar refractivity (Wildman–Crippen MR) is 78.2 cm³/mol. The Kier molecular flexibility index (Phi) is 4.93. The van der Waals surface area contributed by atoms with Crippen molar-refractivity contribution >= 4 is 12.0 Å². The minimum atomic E-state index is 0.744. The Balaban J connectivity index is 0.000000148. The van der Waals surface area contributed by atoms with Gasteiger partial charge in [0.15, 0.2) is 6.29 Å². The van der Waals surface area contributed by atoms with Gasteiger partial charge >= 0.3 is 0 Å². The van der Waals surface area contributed by atoms with Gasteiger partial charge in [-0.1, -0.05) is 18.2 Å². The van der Waals surface area contributed by atoms with Crippen LogP contribution in [0.3, 0.4) is 0 Å². The van der Waals surface area contributed by atoms with Crippen LogP contribution in [0.15, 0.2) is 30.3 Å². The summed E-state index contributed by atoms with van der Waals surface area (Å²) < 4.78 is 1.07. The second-order valence-electron chi connectivity index (χ2n) is 5.32. The van der Waals surface area contributed by atoms with E-state index in [1.54, 1.807) is 0 Å². The largest absolute Gasteiger partial charge is 0.388 e. The number of rotatable bonds is 3. The topological polar surface area (TPSA) is 32.3 Å². The van der Waals surface area contributed by atoms with E-state index in [1.807, 2.05) is 37.4 Å². The number of fused-ring (bicyclic) bond motifs is 3. The van der Waals surface area contributed by atoms with Crippen LogP contribution in [-0.2, 0) is 4.79 Å². The monoisotopic (exact) mass is 262 g/mol. The van der Waals surface area contributed by atoms with E-state index >= 15 is 0 Å². The zero-order valence-electron chi connectivity index (χ0n) is 11.7. The van der Waals surface area contributed by atoms with Gasteiger partial charge in [0, 0.05) is 32.4 Å². The first-order valence-electron chi connectivity index (χ1n) is 7.02. The zero-order chi connectivity index (χ0) is 13.6. The van der Waals surface area contributed by atoms with E-state index in [0.29, 0.717) is 0 Å². The highest BCUT2D eigenvalue weighted by molar-refractivity contribution is 5.50. The van der Waals surface area contributed by atoms with Crippen LogP contribution < -0.4 is 5.32 Å². The minimum absolute atomic E-state index is 0.744. The fourth-order valence-corrected chi connectivity index (χ4v) is 2.77. The summed E-state index contributed by atoms with van der Waals surface area (Å²) in [5.41, 5.74) is 1.16. The number of nitrogens with zero attached hydrogens (tertiary/aromatic N) is 2. The molecular weight excluding hydrogens is 238 g/mol. The molecule has 0 aliphatic carbocycles. The quantitative estimate of drug-likeness (QED) is 0.653. The first-order valence-corrected chi connectivity index (χ1v) is 7.02. The molecule has 104 valence electrons. The lowest BCUT2D eigenvalue weighted by Gasteiger charge is -2.49. The van der Waals surface area contributed by atoms with Crippen LogP contribution >= 0.6 is 0 Å². The Labute approximate surface area is 115 Å². The number of para-hydroxylation sites is 1. The van der Waals surface area contributed by atoms with Gasteiger partial charge in [-0.2, -0.15) is 0 Å². The van der Waals surface area contributed by atoms with Crippen molar-refractivity contribution in [3.8, 4) is 0 Å². The summed E-state index contributed by atoms with van der Waals surface area (Å²) in [5.74, 6) is 0. The fourth-order valence-electron chi connectivity index (χ4n) is 2.77. The van der Waals surface area contributed by atoms with E-state index < -0.39 is 0 Å². The normalized spacial score (nSPS) is 28.2. The van der Waals surface area contributed by atoms with Crippen molar-refractivity contribution in [3.05, 3.63) is 30.3 Å². The summed E-state index contributed by atoms with van der Waals surface area (Å²) in [6.07, 6.45) is 1.08. The number of carbonyl (C=O) groups excluding carboxylic acids is 1. The van der Waals surface area contributed by atoms with E-state index in [9.17, 15) is 4.79 Å². The van der Waals surface area contributed by atoms with Gasteiger partial charge in [-0.3, -0.25) is 9.69 Å². The number of benzene rings is 1. The standard InChI is InChI=1S/C8H15N2O.C7H9N/c11-8-7-10-4-1-9(2-5-10)3-6-10;1-8-7-5-3-2-4-6-7/h8H,1-7H2;2-6,8H,1H3/q+1;. The predicted octanol–water partition coefficient (Wildman–Crippen LogP) is 1.06. The van der Waals surface area contributed by atoms with Crippen LogP contribution in [0.5, 0.6) is 0 Å². The third-order valence-electron chi connectivity index (χ3n) is 4.20. The molecule has 0 spiro atoms. The Hall–Kier alpha value is -1.39. The molecule has 1 N–H and O–H groups in total. The third kappa shape index (κ3) is 3.78. The maximum atomic E-state index is 10.4. The zero-order valence-corrected chi connectivity index (χ0v) is 11.7. The summed E-state index contributed by atoms with van der Waals surface area (Å²) in [5, 5.41) is 3.03. The van der Waals surface area contributed by atoms with Gasteiger partial charge in [0.1, 0.15) is 6.54 Å². The van der Waals surface area contributed by atoms with E-state index in [1.165, 1.54) is 39.3 Å². The number of nitrogens with one attached hydrogen (secondary N) is 1. The number of hydrogen-bond acceptors (Lipinski definition) is 3. The lowest BCUT2D eigenvalue weighted by atomic mass is 10.1. The number of piperazine rings is 3. The van der Waals surface area contributed by atoms with Crippen LogP contribution in [0.1, 0.15) is 0 Å². The number of hydrogen-bond donors (Lipinski definition) is 1. The molecule has 0 unspecified atom stereocenters. The number of anilines is 1. The summed E-state index contributed by atoms with van der Waals surface area (Å²) in [6.45, 7) is 7.93. The number of carbonyl (C=O) groups is 1. The van der Waals surface area contributed by atoms with Gasteiger partial charge in [0.2, 0.25) is 0 Å². The van der Waals surface area contributed by atoms with Crippen LogP contribution in [0.4, 0.5) is 5.69 Å². The molecular formula is C15H24N3O+. The lowest BCUT2D eigenvalue weighted by molar-refractivity contribution is -0.933. The molecule has 3 saturated heterocycles. The molecule has 4 rings (SSSR count). The first-order chi connectivity index (χ1) is 9.28. The van der Waals surface area contributed by atoms with Gasteiger partial charge in [-0.05, 0) is 12.1 Å². The minimum Gasteiger partial charge on any atom is -0.388 e. The second-order valence-corrected chi connectivity index (χ2v) is 5.32. The van der Waals surface area contributed by atoms with Crippen molar-refractivity contribution < 1.29 is 9.28 Å². The van der Waals surface area contributed by atoms with Crippen molar-refractivity contribution in [1.29, 1.82) is 0 Å². The molecule has 0 aromatic heterocycles. The van der Waals surface area contributed by atoms with Crippen LogP contribution in [0, 0.1) is 0 Å². The molecule has 3 aliphatic rings. The van der Waals surface area contributed by atoms with Gasteiger partial charge in [-0.15, -0.1) is 0 Å². The van der Waals surface area contributed by atoms with Crippen molar-refractivity contribution in [2.24, 2.45) is 0 Å². The molecule has 0 radical (unpaired) electrons. The Morgan fingerprint density at radius 2 is 1.74 bits per heavy atom. The smallest absolute Gasteiger partial charge is 0.174 e. The molecule has 0 atom stereocenters. The van der Waals surface area contributed by atoms with Crippen LogP contribution in [-0.4, -0.2) is 68.5 Å². The van der Waals surface area contributed by atoms with Gasteiger partial charge in [-0.25, -0.2) is 0 Å². The highest BCUT2D eigenvalue weighted by Crippen LogP contribution is 2.17. The summed E-state index contributed by atoms with van der Waals surface area (Å²) in [4.78, 5) is 12.9. The Bertz CT molecular complexity index is 372. The van der Waals surface area contributed by atoms with E-state index in [2.05, 4.69) is 10.2 Å². The number of quaternary nitrogens is 1. The number of aldehydes is 1. The summed E-state index contributed by atoms with van der Waals surface area (Å²) >= 11 is 0. The average Bonchev–Trinajstić information content (AvgIpc) is 2.50. The van der Waals surface area contributed by atoms with Gasteiger partial charge < -0.3 is 9.80 Å². The fraction of sp³-hybridized carbons (Fsp3) is 0.533. The first kappa shape index (κ1) is 14.0. The van der Waals surface area contributed by atoms with Crippen molar-refractivity contribution in [1.82, 2.24) is 4.90 Å². The second kappa shape index (κ2) is 6.68. The lowest BCUT2D eigenvalue weighted by Crippen LogP contribution is -2.67. The molecule has 4 nitrogen and oxygen atoms in total. The van der Waals surface area contributed by atoms with Crippen molar-refractivity contribution in [2.45, 2.75) is 0 Å². The Morgan fingerprint density at radius 3 is 2.16 bits per heavy atom. The molecule has 4 heteroatoms. The molecule has 0 amide bonds.